The highest BCUT2D eigenvalue weighted by Crippen LogP contribution is 2.48. The van der Waals surface area contributed by atoms with Crippen LogP contribution in [0.1, 0.15) is 12.5 Å². The minimum Gasteiger partial charge on any atom is -0.340 e. The van der Waals surface area contributed by atoms with Crippen molar-refractivity contribution in [3.63, 3.8) is 0 Å². The van der Waals surface area contributed by atoms with E-state index in [0.717, 1.165) is 26.7 Å². The molecule has 0 amide bonds. The van der Waals surface area contributed by atoms with Crippen molar-refractivity contribution in [3.8, 4) is 0 Å². The maximum absolute atomic E-state index is 11.4. The molecule has 0 bridgehead atoms. The van der Waals surface area contributed by atoms with Gasteiger partial charge >= 0.3 is 0 Å². The molecule has 0 radical (unpaired) electrons. The van der Waals surface area contributed by atoms with Crippen molar-refractivity contribution in [2.75, 3.05) is 11.4 Å². The van der Waals surface area contributed by atoms with E-state index >= 15 is 0 Å². The number of rotatable bonds is 3. The smallest absolute Gasteiger partial charge is 0.294 e. The molecule has 0 aliphatic carbocycles. The van der Waals surface area contributed by atoms with Gasteiger partial charge < -0.3 is 10.7 Å². The summed E-state index contributed by atoms with van der Waals surface area (Å²) >= 11 is 1.54. The van der Waals surface area contributed by atoms with Crippen LogP contribution in [0.25, 0.3) is 0 Å². The Morgan fingerprint density at radius 3 is 2.65 bits per heavy atom. The lowest BCUT2D eigenvalue weighted by molar-refractivity contribution is 0.483. The molecule has 1 aliphatic heterocycles. The predicted molar refractivity (Wildman–Crippen MR) is 91.3 cm³/mol. The number of benzene rings is 2. The Balaban J connectivity index is 2.13. The zero-order valence-electron chi connectivity index (χ0n) is 12.3. The van der Waals surface area contributed by atoms with Crippen LogP contribution in [-0.2, 0) is 10.1 Å². The van der Waals surface area contributed by atoms with Crippen LogP contribution in [0.15, 0.2) is 56.2 Å². The summed E-state index contributed by atoms with van der Waals surface area (Å²) in [6.45, 7) is 2.65. The van der Waals surface area contributed by atoms with Gasteiger partial charge in [-0.25, -0.2) is 0 Å². The molecule has 120 valence electrons. The molecule has 8 heteroatoms. The molecule has 3 N–H and O–H groups in total. The lowest BCUT2D eigenvalue weighted by atomic mass is 10.1. The first-order valence-electron chi connectivity index (χ1n) is 6.88. The molecule has 0 spiro atoms. The van der Waals surface area contributed by atoms with E-state index in [4.69, 9.17) is 5.84 Å². The first kappa shape index (κ1) is 15.9. The molecule has 1 aliphatic rings. The van der Waals surface area contributed by atoms with Crippen molar-refractivity contribution >= 4 is 39.5 Å². The number of nitrogens with two attached hydrogens (primary N) is 1. The fourth-order valence-corrected chi connectivity index (χ4v) is 4.17. The maximum atomic E-state index is 11.4. The highest BCUT2D eigenvalue weighted by Gasteiger charge is 2.24. The van der Waals surface area contributed by atoms with Crippen molar-refractivity contribution in [3.05, 3.63) is 42.0 Å². The zero-order valence-corrected chi connectivity index (χ0v) is 13.9. The van der Waals surface area contributed by atoms with Crippen molar-refractivity contribution in [2.24, 2.45) is 10.9 Å². The Bertz CT molecular complexity index is 895. The molecular weight excluding hydrogens is 334 g/mol. The molecule has 0 saturated carbocycles. The summed E-state index contributed by atoms with van der Waals surface area (Å²) in [5, 5.41) is 3.53. The molecule has 0 saturated heterocycles. The van der Waals surface area contributed by atoms with Crippen LogP contribution in [0.4, 0.5) is 11.4 Å². The van der Waals surface area contributed by atoms with Gasteiger partial charge in [0.05, 0.1) is 22.5 Å². The van der Waals surface area contributed by atoms with Crippen LogP contribution in [0.2, 0.25) is 0 Å². The van der Waals surface area contributed by atoms with Crippen molar-refractivity contribution in [1.82, 2.24) is 0 Å². The van der Waals surface area contributed by atoms with E-state index in [-0.39, 0.29) is 4.90 Å². The van der Waals surface area contributed by atoms with Gasteiger partial charge in [0, 0.05) is 16.3 Å². The molecule has 2 aromatic rings. The van der Waals surface area contributed by atoms with Gasteiger partial charge in [-0.15, -0.1) is 0 Å². The molecule has 1 heterocycles. The highest BCUT2D eigenvalue weighted by atomic mass is 32.2. The minimum atomic E-state index is -4.23. The second-order valence-corrected chi connectivity index (χ2v) is 7.46. The number of anilines is 2. The summed E-state index contributed by atoms with van der Waals surface area (Å²) in [5.41, 5.74) is 2.64. The van der Waals surface area contributed by atoms with Gasteiger partial charge in [-0.1, -0.05) is 17.8 Å². The topological polar surface area (TPSA) is 96.0 Å². The van der Waals surface area contributed by atoms with Crippen LogP contribution in [0, 0.1) is 0 Å². The Morgan fingerprint density at radius 2 is 2.00 bits per heavy atom. The normalized spacial score (nSPS) is 13.9. The SMILES string of the molecule is CCN1c2ccc(/C=N/N)cc2Sc2ccc(S(=O)(=O)O)cc21. The van der Waals surface area contributed by atoms with Gasteiger partial charge in [-0.2, -0.15) is 13.5 Å². The summed E-state index contributed by atoms with van der Waals surface area (Å²) in [6, 6.07) is 10.4. The van der Waals surface area contributed by atoms with E-state index in [2.05, 4.69) is 5.10 Å². The summed E-state index contributed by atoms with van der Waals surface area (Å²) in [5.74, 6) is 5.20. The van der Waals surface area contributed by atoms with Crippen LogP contribution in [0.3, 0.4) is 0 Å². The third-order valence-corrected chi connectivity index (χ3v) is 5.52. The van der Waals surface area contributed by atoms with Crippen LogP contribution in [0.5, 0.6) is 0 Å². The third-order valence-electron chi connectivity index (χ3n) is 3.55. The lowest BCUT2D eigenvalue weighted by Gasteiger charge is -2.32. The first-order chi connectivity index (χ1) is 10.9. The van der Waals surface area contributed by atoms with E-state index < -0.39 is 10.1 Å². The Labute approximate surface area is 138 Å². The standard InChI is InChI=1S/C15H15N3O3S2/c1-2-18-12-5-3-10(9-17-16)7-15(12)22-14-6-4-11(8-13(14)18)23(19,20)21/h3-9H,2,16H2,1H3,(H,19,20,21)/b17-9+. The van der Waals surface area contributed by atoms with E-state index in [1.807, 2.05) is 30.0 Å². The summed E-state index contributed by atoms with van der Waals surface area (Å²) < 4.78 is 32.0. The molecule has 0 unspecified atom stereocenters. The molecular formula is C15H15N3O3S2. The largest absolute Gasteiger partial charge is 0.340 e. The molecule has 0 fully saturated rings. The monoisotopic (exact) mass is 349 g/mol. The zero-order chi connectivity index (χ0) is 16.6. The van der Waals surface area contributed by atoms with E-state index in [9.17, 15) is 13.0 Å². The van der Waals surface area contributed by atoms with Gasteiger partial charge in [-0.3, -0.25) is 4.55 Å². The van der Waals surface area contributed by atoms with E-state index in [1.54, 1.807) is 24.0 Å². The Hall–Kier alpha value is -2.03. The number of fused-ring (bicyclic) bond motifs is 2. The molecule has 6 nitrogen and oxygen atoms in total. The van der Waals surface area contributed by atoms with Crippen LogP contribution >= 0.6 is 11.8 Å². The van der Waals surface area contributed by atoms with Crippen molar-refractivity contribution < 1.29 is 13.0 Å². The average Bonchev–Trinajstić information content (AvgIpc) is 2.51. The maximum Gasteiger partial charge on any atom is 0.294 e. The van der Waals surface area contributed by atoms with E-state index in [0.29, 0.717) is 6.54 Å². The van der Waals surface area contributed by atoms with Gasteiger partial charge in [0.2, 0.25) is 0 Å². The van der Waals surface area contributed by atoms with Crippen molar-refractivity contribution in [1.29, 1.82) is 0 Å². The minimum absolute atomic E-state index is 0.106. The van der Waals surface area contributed by atoms with Gasteiger partial charge in [0.25, 0.3) is 10.1 Å². The quantitative estimate of drug-likeness (QED) is 0.383. The van der Waals surface area contributed by atoms with Crippen molar-refractivity contribution in [2.45, 2.75) is 21.6 Å². The molecule has 2 aromatic carbocycles. The number of hydrogen-bond acceptors (Lipinski definition) is 6. The Kier molecular flexibility index (Phi) is 4.05. The highest BCUT2D eigenvalue weighted by molar-refractivity contribution is 7.99. The predicted octanol–water partition coefficient (Wildman–Crippen LogP) is 2.85. The summed E-state index contributed by atoms with van der Waals surface area (Å²) in [6.07, 6.45) is 1.58. The van der Waals surface area contributed by atoms with Crippen LogP contribution in [-0.4, -0.2) is 25.7 Å². The summed E-state index contributed by atoms with van der Waals surface area (Å²) in [4.78, 5) is 3.87. The lowest BCUT2D eigenvalue weighted by Crippen LogP contribution is -2.20. The molecule has 23 heavy (non-hydrogen) atoms. The van der Waals surface area contributed by atoms with Gasteiger partial charge in [-0.05, 0) is 42.8 Å². The second-order valence-electron chi connectivity index (χ2n) is 4.96. The fourth-order valence-electron chi connectivity index (χ4n) is 2.55. The first-order valence-corrected chi connectivity index (χ1v) is 9.14. The Morgan fingerprint density at radius 1 is 1.22 bits per heavy atom. The molecule has 0 atom stereocenters. The van der Waals surface area contributed by atoms with Crippen LogP contribution < -0.4 is 10.7 Å². The number of hydrogen-bond donors (Lipinski definition) is 2. The number of hydrazone groups is 1. The second kappa shape index (κ2) is 5.88. The summed E-state index contributed by atoms with van der Waals surface area (Å²) in [7, 11) is -4.23. The number of nitrogens with zero attached hydrogens (tertiary/aromatic N) is 2. The van der Waals surface area contributed by atoms with Gasteiger partial charge in [0.1, 0.15) is 0 Å². The average molecular weight is 349 g/mol. The molecule has 0 aromatic heterocycles. The third kappa shape index (κ3) is 2.92. The molecule has 3 rings (SSSR count). The van der Waals surface area contributed by atoms with Gasteiger partial charge in [0.15, 0.2) is 0 Å². The fraction of sp³-hybridized carbons (Fsp3) is 0.133. The van der Waals surface area contributed by atoms with E-state index in [1.165, 1.54) is 12.1 Å².